The van der Waals surface area contributed by atoms with E-state index in [2.05, 4.69) is 22.0 Å². The van der Waals surface area contributed by atoms with Crippen molar-refractivity contribution in [3.63, 3.8) is 0 Å². The van der Waals surface area contributed by atoms with E-state index in [0.717, 1.165) is 25.7 Å². The minimum atomic E-state index is -0.780. The highest BCUT2D eigenvalue weighted by Gasteiger charge is 2.35. The lowest BCUT2D eigenvalue weighted by molar-refractivity contribution is -0.139. The number of rotatable bonds is 9. The Morgan fingerprint density at radius 1 is 1.16 bits per heavy atom. The van der Waals surface area contributed by atoms with Crippen LogP contribution in [0.1, 0.15) is 72.1 Å². The Morgan fingerprint density at radius 2 is 1.84 bits per heavy atom. The highest BCUT2D eigenvalue weighted by Crippen LogP contribution is 2.28. The molecule has 0 aromatic heterocycles. The SMILES string of the molecule is COC(C(=O)N[C@@H](CC(C)(C)C)C(=O)NC(C#N)C[C@@H]1CCNC1=O)C1CCCCC1. The molecule has 8 nitrogen and oxygen atoms in total. The second-order valence-corrected chi connectivity index (χ2v) is 10.1. The van der Waals surface area contributed by atoms with Gasteiger partial charge in [0.15, 0.2) is 0 Å². The van der Waals surface area contributed by atoms with Crippen molar-refractivity contribution in [2.24, 2.45) is 17.3 Å². The Kier molecular flexibility index (Phi) is 9.30. The number of carbonyl (C=O) groups is 3. The van der Waals surface area contributed by atoms with Gasteiger partial charge in [0.1, 0.15) is 18.2 Å². The van der Waals surface area contributed by atoms with Gasteiger partial charge in [-0.3, -0.25) is 14.4 Å². The van der Waals surface area contributed by atoms with Crippen molar-refractivity contribution in [3.05, 3.63) is 0 Å². The Balaban J connectivity index is 2.05. The largest absolute Gasteiger partial charge is 0.371 e. The first-order chi connectivity index (χ1) is 14.6. The minimum Gasteiger partial charge on any atom is -0.371 e. The maximum absolute atomic E-state index is 13.0. The third kappa shape index (κ3) is 7.80. The van der Waals surface area contributed by atoms with Gasteiger partial charge in [0, 0.05) is 19.6 Å². The summed E-state index contributed by atoms with van der Waals surface area (Å²) in [6.07, 6.45) is 6.02. The quantitative estimate of drug-likeness (QED) is 0.513. The number of nitrogens with zero attached hydrogens (tertiary/aromatic N) is 1. The number of nitrogens with one attached hydrogen (secondary N) is 3. The second kappa shape index (κ2) is 11.5. The minimum absolute atomic E-state index is 0.0792. The van der Waals surface area contributed by atoms with Gasteiger partial charge in [-0.1, -0.05) is 40.0 Å². The Morgan fingerprint density at radius 3 is 2.35 bits per heavy atom. The monoisotopic (exact) mass is 434 g/mol. The van der Waals surface area contributed by atoms with Gasteiger partial charge < -0.3 is 20.7 Å². The van der Waals surface area contributed by atoms with Gasteiger partial charge in [-0.15, -0.1) is 0 Å². The van der Waals surface area contributed by atoms with E-state index < -0.39 is 24.1 Å². The topological polar surface area (TPSA) is 120 Å². The van der Waals surface area contributed by atoms with Crippen LogP contribution >= 0.6 is 0 Å². The average Bonchev–Trinajstić information content (AvgIpc) is 3.11. The van der Waals surface area contributed by atoms with Gasteiger partial charge in [0.05, 0.1) is 6.07 Å². The number of carbonyl (C=O) groups excluding carboxylic acids is 3. The van der Waals surface area contributed by atoms with Crippen molar-refractivity contribution in [3.8, 4) is 6.07 Å². The molecule has 3 amide bonds. The van der Waals surface area contributed by atoms with Crippen LogP contribution in [0.25, 0.3) is 0 Å². The maximum atomic E-state index is 13.0. The molecule has 1 saturated carbocycles. The molecule has 1 heterocycles. The van der Waals surface area contributed by atoms with Gasteiger partial charge in [-0.05, 0) is 43.4 Å². The number of hydrogen-bond acceptors (Lipinski definition) is 5. The smallest absolute Gasteiger partial charge is 0.250 e. The summed E-state index contributed by atoms with van der Waals surface area (Å²) < 4.78 is 5.52. The van der Waals surface area contributed by atoms with E-state index in [-0.39, 0.29) is 35.5 Å². The predicted octanol–water partition coefficient (Wildman–Crippen LogP) is 2.04. The lowest BCUT2D eigenvalue weighted by atomic mass is 9.84. The number of amides is 3. The molecule has 3 N–H and O–H groups in total. The van der Waals surface area contributed by atoms with Crippen LogP contribution in [0.4, 0.5) is 0 Å². The van der Waals surface area contributed by atoms with E-state index in [0.29, 0.717) is 19.4 Å². The molecule has 4 atom stereocenters. The molecular formula is C23H38N4O4. The molecule has 1 aliphatic carbocycles. The third-order valence-electron chi connectivity index (χ3n) is 6.20. The highest BCUT2D eigenvalue weighted by molar-refractivity contribution is 5.90. The van der Waals surface area contributed by atoms with Crippen LogP contribution in [0, 0.1) is 28.6 Å². The fourth-order valence-electron chi connectivity index (χ4n) is 4.60. The summed E-state index contributed by atoms with van der Waals surface area (Å²) in [4.78, 5) is 37.9. The lowest BCUT2D eigenvalue weighted by Gasteiger charge is -2.31. The van der Waals surface area contributed by atoms with Gasteiger partial charge in [0.2, 0.25) is 17.7 Å². The van der Waals surface area contributed by atoms with E-state index in [1.54, 1.807) is 0 Å². The molecule has 8 heteroatoms. The molecule has 2 fully saturated rings. The molecule has 0 spiro atoms. The molecule has 2 aliphatic rings. The van der Waals surface area contributed by atoms with Gasteiger partial charge in [-0.25, -0.2) is 0 Å². The first-order valence-corrected chi connectivity index (χ1v) is 11.5. The first kappa shape index (κ1) is 25.1. The number of nitriles is 1. The normalized spacial score (nSPS) is 22.7. The zero-order valence-corrected chi connectivity index (χ0v) is 19.3. The molecule has 0 aromatic carbocycles. The predicted molar refractivity (Wildman–Crippen MR) is 117 cm³/mol. The average molecular weight is 435 g/mol. The fourth-order valence-corrected chi connectivity index (χ4v) is 4.60. The number of ether oxygens (including phenoxy) is 1. The van der Waals surface area contributed by atoms with Crippen LogP contribution in [-0.2, 0) is 19.1 Å². The zero-order valence-electron chi connectivity index (χ0n) is 19.3. The molecule has 2 unspecified atom stereocenters. The summed E-state index contributed by atoms with van der Waals surface area (Å²) in [5.74, 6) is -0.867. The van der Waals surface area contributed by atoms with Gasteiger partial charge >= 0.3 is 0 Å². The summed E-state index contributed by atoms with van der Waals surface area (Å²) >= 11 is 0. The molecule has 2 rings (SSSR count). The summed E-state index contributed by atoms with van der Waals surface area (Å²) in [5, 5.41) is 17.9. The Hall–Kier alpha value is -2.14. The van der Waals surface area contributed by atoms with E-state index in [4.69, 9.17) is 4.74 Å². The molecule has 0 radical (unpaired) electrons. The lowest BCUT2D eigenvalue weighted by Crippen LogP contribution is -2.54. The molecule has 0 bridgehead atoms. The Labute approximate surface area is 185 Å². The van der Waals surface area contributed by atoms with Crippen LogP contribution in [0.3, 0.4) is 0 Å². The standard InChI is InChI=1S/C23H38N4O4/c1-23(2,3)13-18(27-22(30)19(31-4)15-8-6-5-7-9-15)21(29)26-17(14-24)12-16-10-11-25-20(16)28/h15-19H,5-13H2,1-4H3,(H,25,28)(H,26,29)(H,27,30)/t16-,17?,18-,19?/m0/s1. The summed E-state index contributed by atoms with van der Waals surface area (Å²) in [6.45, 7) is 6.59. The molecule has 174 valence electrons. The van der Waals surface area contributed by atoms with E-state index in [1.165, 1.54) is 13.5 Å². The van der Waals surface area contributed by atoms with Gasteiger partial charge in [0.25, 0.3) is 0 Å². The highest BCUT2D eigenvalue weighted by atomic mass is 16.5. The summed E-state index contributed by atoms with van der Waals surface area (Å²) in [7, 11) is 1.54. The molecular weight excluding hydrogens is 396 g/mol. The van der Waals surface area contributed by atoms with Crippen molar-refractivity contribution in [1.82, 2.24) is 16.0 Å². The molecule has 0 aromatic rings. The van der Waals surface area contributed by atoms with Crippen molar-refractivity contribution >= 4 is 17.7 Å². The third-order valence-corrected chi connectivity index (χ3v) is 6.20. The fraction of sp³-hybridized carbons (Fsp3) is 0.826. The molecule has 1 saturated heterocycles. The van der Waals surface area contributed by atoms with Crippen LogP contribution in [0.2, 0.25) is 0 Å². The van der Waals surface area contributed by atoms with E-state index in [9.17, 15) is 19.6 Å². The van der Waals surface area contributed by atoms with Crippen LogP contribution < -0.4 is 16.0 Å². The summed E-state index contributed by atoms with van der Waals surface area (Å²) in [5.41, 5.74) is -0.212. The van der Waals surface area contributed by atoms with Crippen molar-refractivity contribution in [2.75, 3.05) is 13.7 Å². The maximum Gasteiger partial charge on any atom is 0.250 e. The van der Waals surface area contributed by atoms with Crippen molar-refractivity contribution in [2.45, 2.75) is 90.3 Å². The van der Waals surface area contributed by atoms with E-state index in [1.807, 2.05) is 20.8 Å². The first-order valence-electron chi connectivity index (χ1n) is 11.5. The number of hydrogen-bond donors (Lipinski definition) is 3. The summed E-state index contributed by atoms with van der Waals surface area (Å²) in [6, 6.07) is 0.532. The van der Waals surface area contributed by atoms with Gasteiger partial charge in [-0.2, -0.15) is 5.26 Å². The van der Waals surface area contributed by atoms with Crippen molar-refractivity contribution in [1.29, 1.82) is 5.26 Å². The second-order valence-electron chi connectivity index (χ2n) is 10.1. The number of methoxy groups -OCH3 is 1. The van der Waals surface area contributed by atoms with E-state index >= 15 is 0 Å². The van der Waals surface area contributed by atoms with Crippen molar-refractivity contribution < 1.29 is 19.1 Å². The Bertz CT molecular complexity index is 676. The van der Waals surface area contributed by atoms with Crippen LogP contribution in [-0.4, -0.2) is 49.6 Å². The van der Waals surface area contributed by atoms with Crippen LogP contribution in [0.15, 0.2) is 0 Å². The zero-order chi connectivity index (χ0) is 23.0. The molecule has 1 aliphatic heterocycles. The van der Waals surface area contributed by atoms with Crippen LogP contribution in [0.5, 0.6) is 0 Å². The molecule has 31 heavy (non-hydrogen) atoms.